The number of hydrogen-bond donors (Lipinski definition) is 12. The third kappa shape index (κ3) is 22.3. The fraction of sp³-hybridized carbons (Fsp3) is 0.413. The third-order valence-electron chi connectivity index (χ3n) is 10.4. The molecule has 1 aromatic heterocycles. The number of unbranched alkanes of at least 4 members (excludes halogenated alkanes) is 1. The summed E-state index contributed by atoms with van der Waals surface area (Å²) in [5.74, 6) is -7.51. The van der Waals surface area contributed by atoms with Crippen molar-refractivity contribution >= 4 is 70.7 Å². The molecule has 372 valence electrons. The van der Waals surface area contributed by atoms with Crippen LogP contribution in [0.15, 0.2) is 78.0 Å². The number of carboxylic acid groups (broad SMARTS) is 2. The maximum Gasteiger partial charge on any atom is 0.323 e. The number of guanidine groups is 1. The molecule has 0 aliphatic heterocycles. The summed E-state index contributed by atoms with van der Waals surface area (Å²) >= 11 is 0. The maximum atomic E-state index is 14.0. The molecule has 0 bridgehead atoms. The van der Waals surface area contributed by atoms with Gasteiger partial charge >= 0.3 is 18.0 Å². The Bertz CT molecular complexity index is 2260. The number of aliphatic carboxylic acids is 2. The van der Waals surface area contributed by atoms with Gasteiger partial charge in [0, 0.05) is 56.1 Å². The van der Waals surface area contributed by atoms with E-state index < -0.39 is 97.4 Å². The van der Waals surface area contributed by atoms with Crippen molar-refractivity contribution in [2.24, 2.45) is 22.2 Å². The van der Waals surface area contributed by atoms with Gasteiger partial charge < -0.3 is 64.6 Å². The zero-order valence-corrected chi connectivity index (χ0v) is 38.3. The molecule has 3 aromatic rings. The van der Waals surface area contributed by atoms with Gasteiger partial charge in [0.15, 0.2) is 5.96 Å². The number of para-hydroxylation sites is 1. The summed E-state index contributed by atoms with van der Waals surface area (Å²) in [5.41, 5.74) is 19.5. The number of aryl methyl sites for hydroxylation is 2. The van der Waals surface area contributed by atoms with Crippen molar-refractivity contribution in [2.75, 3.05) is 23.7 Å². The number of pyridine rings is 1. The van der Waals surface area contributed by atoms with Crippen LogP contribution < -0.4 is 54.4 Å². The van der Waals surface area contributed by atoms with E-state index in [4.69, 9.17) is 17.2 Å². The van der Waals surface area contributed by atoms with Gasteiger partial charge in [-0.1, -0.05) is 36.4 Å². The lowest BCUT2D eigenvalue weighted by molar-refractivity contribution is -0.140. The zero-order chi connectivity index (χ0) is 50.7. The fourth-order valence-electron chi connectivity index (χ4n) is 6.68. The Morgan fingerprint density at radius 1 is 0.623 bits per heavy atom. The molecule has 15 N–H and O–H groups in total. The number of amides is 8. The van der Waals surface area contributed by atoms with Crippen molar-refractivity contribution in [1.29, 1.82) is 0 Å². The normalized spacial score (nSPS) is 12.4. The number of rotatable bonds is 30. The smallest absolute Gasteiger partial charge is 0.323 e. The molecule has 8 amide bonds. The largest absolute Gasteiger partial charge is 0.481 e. The monoisotopic (exact) mass is 958 g/mol. The first-order valence-corrected chi connectivity index (χ1v) is 22.3. The second-order valence-electron chi connectivity index (χ2n) is 16.0. The molecular weight excluding hydrogens is 897 g/mol. The summed E-state index contributed by atoms with van der Waals surface area (Å²) in [7, 11) is 0. The summed E-state index contributed by atoms with van der Waals surface area (Å²) in [5, 5.41) is 37.1. The Kier molecular flexibility index (Phi) is 23.6. The molecule has 1 heterocycles. The van der Waals surface area contributed by atoms with Gasteiger partial charge in [-0.05, 0) is 99.2 Å². The predicted octanol–water partition coefficient (Wildman–Crippen LogP) is 0.704. The molecule has 2 aromatic carbocycles. The first kappa shape index (κ1) is 55.2. The molecule has 4 atom stereocenters. The van der Waals surface area contributed by atoms with Gasteiger partial charge in [-0.2, -0.15) is 0 Å². The summed E-state index contributed by atoms with van der Waals surface area (Å²) in [4.78, 5) is 123. The highest BCUT2D eigenvalue weighted by molar-refractivity contribution is 6.00. The quantitative estimate of drug-likeness (QED) is 0.0249. The van der Waals surface area contributed by atoms with Crippen molar-refractivity contribution < 1.29 is 53.4 Å². The number of anilines is 2. The van der Waals surface area contributed by atoms with Crippen molar-refractivity contribution in [3.8, 4) is 0 Å². The number of carboxylic acids is 2. The standard InChI is InChI=1S/C46H62N12O11/c1-28-8-2-3-10-32(28)58-46(69)53-31-16-13-29(14-17-31)26-38(60)54-34(11-4-5-24-51-37(59)20-15-30-9-6-23-50-27-30)42(66)56-36(19-22-40(63)64)44(68)57-35(18-21-39(61)62)43(67)55-33(41(47)65)12-7-25-52-45(48)49/h2-3,6,8-10,13-14,16-17,23,27,33-36H,4-5,7,11-12,15,18-22,24-26H2,1H3,(H2,47,65)(H,51,59)(H,54,60)(H,55,67)(H,56,66)(H,57,68)(H,61,62)(H,63,64)(H4,48,49,52)(H2,53,58,69)/t33-,34-,35-,36-/m0/s1. The number of primary amides is 1. The van der Waals surface area contributed by atoms with Gasteiger partial charge in [0.2, 0.25) is 35.4 Å². The molecule has 0 unspecified atom stereocenters. The Labute approximate surface area is 398 Å². The topological polar surface area (TPSA) is 382 Å². The van der Waals surface area contributed by atoms with Crippen LogP contribution in [0, 0.1) is 6.92 Å². The second kappa shape index (κ2) is 29.5. The van der Waals surface area contributed by atoms with Gasteiger partial charge in [-0.15, -0.1) is 0 Å². The average Bonchev–Trinajstić information content (AvgIpc) is 3.30. The van der Waals surface area contributed by atoms with Gasteiger partial charge in [0.05, 0.1) is 6.42 Å². The van der Waals surface area contributed by atoms with Crippen LogP contribution >= 0.6 is 0 Å². The molecule has 0 saturated carbocycles. The molecule has 0 radical (unpaired) electrons. The van der Waals surface area contributed by atoms with E-state index in [9.17, 15) is 53.4 Å². The van der Waals surface area contributed by atoms with Crippen LogP contribution in [0.25, 0.3) is 0 Å². The van der Waals surface area contributed by atoms with E-state index in [2.05, 4.69) is 47.2 Å². The van der Waals surface area contributed by atoms with E-state index in [1.165, 1.54) is 0 Å². The number of aliphatic imine (C=N–C) groups is 1. The molecule has 69 heavy (non-hydrogen) atoms. The van der Waals surface area contributed by atoms with E-state index in [0.717, 1.165) is 11.1 Å². The minimum atomic E-state index is -1.61. The molecule has 3 rings (SSSR count). The minimum absolute atomic E-state index is 0.0105. The SMILES string of the molecule is Cc1ccccc1NC(=O)Nc1ccc(CC(=O)N[C@@H](CCCCNC(=O)CCc2cccnc2)C(=O)N[C@@H](CCC(=O)O)C(=O)N[C@@H](CCC(=O)O)C(=O)N[C@@H](CCCN=C(N)N)C(N)=O)cc1. The lowest BCUT2D eigenvalue weighted by atomic mass is 10.0. The Morgan fingerprint density at radius 2 is 1.22 bits per heavy atom. The number of nitrogens with two attached hydrogens (primary N) is 3. The van der Waals surface area contributed by atoms with Crippen LogP contribution in [-0.2, 0) is 51.2 Å². The summed E-state index contributed by atoms with van der Waals surface area (Å²) in [6.07, 6.45) is 2.47. The Morgan fingerprint density at radius 3 is 1.78 bits per heavy atom. The van der Waals surface area contributed by atoms with E-state index in [1.807, 2.05) is 25.1 Å². The molecule has 0 spiro atoms. The Hall–Kier alpha value is -8.11. The highest BCUT2D eigenvalue weighted by Gasteiger charge is 2.32. The van der Waals surface area contributed by atoms with Crippen LogP contribution in [0.2, 0.25) is 0 Å². The molecular formula is C46H62N12O11. The molecule has 0 saturated heterocycles. The van der Waals surface area contributed by atoms with Crippen LogP contribution in [-0.4, -0.2) is 112 Å². The number of urea groups is 1. The van der Waals surface area contributed by atoms with E-state index >= 15 is 0 Å². The lowest BCUT2D eigenvalue weighted by Crippen LogP contribution is -2.58. The van der Waals surface area contributed by atoms with E-state index in [-0.39, 0.29) is 57.1 Å². The summed E-state index contributed by atoms with van der Waals surface area (Å²) in [6, 6.07) is 11.0. The number of hydrogen-bond acceptors (Lipinski definition) is 11. The first-order valence-electron chi connectivity index (χ1n) is 22.3. The van der Waals surface area contributed by atoms with Crippen LogP contribution in [0.5, 0.6) is 0 Å². The van der Waals surface area contributed by atoms with Crippen LogP contribution in [0.1, 0.15) is 80.9 Å². The third-order valence-corrected chi connectivity index (χ3v) is 10.4. The molecule has 0 aliphatic carbocycles. The molecule has 0 aliphatic rings. The molecule has 23 nitrogen and oxygen atoms in total. The predicted molar refractivity (Wildman–Crippen MR) is 254 cm³/mol. The number of nitrogens with one attached hydrogen (secondary N) is 7. The number of aromatic nitrogens is 1. The van der Waals surface area contributed by atoms with Gasteiger partial charge in [0.1, 0.15) is 24.2 Å². The second-order valence-corrected chi connectivity index (χ2v) is 16.0. The Balaban J connectivity index is 1.75. The number of benzene rings is 2. The highest BCUT2D eigenvalue weighted by Crippen LogP contribution is 2.16. The van der Waals surface area contributed by atoms with E-state index in [1.54, 1.807) is 54.9 Å². The summed E-state index contributed by atoms with van der Waals surface area (Å²) in [6.45, 7) is 2.19. The van der Waals surface area contributed by atoms with Crippen LogP contribution in [0.4, 0.5) is 16.2 Å². The van der Waals surface area contributed by atoms with Crippen molar-refractivity contribution in [3.05, 3.63) is 89.7 Å². The highest BCUT2D eigenvalue weighted by atomic mass is 16.4. The zero-order valence-electron chi connectivity index (χ0n) is 38.3. The summed E-state index contributed by atoms with van der Waals surface area (Å²) < 4.78 is 0. The van der Waals surface area contributed by atoms with Gasteiger partial charge in [0.25, 0.3) is 0 Å². The van der Waals surface area contributed by atoms with E-state index in [0.29, 0.717) is 36.2 Å². The lowest BCUT2D eigenvalue weighted by Gasteiger charge is -2.26. The van der Waals surface area contributed by atoms with Crippen molar-refractivity contribution in [3.63, 3.8) is 0 Å². The first-order chi connectivity index (χ1) is 32.9. The van der Waals surface area contributed by atoms with Crippen molar-refractivity contribution in [2.45, 2.75) is 108 Å². The number of carbonyl (C=O) groups is 9. The average molecular weight is 959 g/mol. The van der Waals surface area contributed by atoms with Gasteiger partial charge in [-0.25, -0.2) is 4.79 Å². The fourth-order valence-corrected chi connectivity index (χ4v) is 6.68. The maximum absolute atomic E-state index is 14.0. The number of nitrogens with zero attached hydrogens (tertiary/aromatic N) is 2. The molecule has 0 fully saturated rings. The van der Waals surface area contributed by atoms with Gasteiger partial charge in [-0.3, -0.25) is 48.3 Å². The minimum Gasteiger partial charge on any atom is -0.481 e. The van der Waals surface area contributed by atoms with Crippen LogP contribution in [0.3, 0.4) is 0 Å². The van der Waals surface area contributed by atoms with Crippen molar-refractivity contribution in [1.82, 2.24) is 31.6 Å². The molecule has 23 heteroatoms. The number of carbonyl (C=O) groups excluding carboxylic acids is 7.